The van der Waals surface area contributed by atoms with Gasteiger partial charge in [0, 0.05) is 30.9 Å². The average Bonchev–Trinajstić information content (AvgIpc) is 2.68. The highest BCUT2D eigenvalue weighted by atomic mass is 19.4. The number of nitrogens with zero attached hydrogens (tertiary/aromatic N) is 4. The second-order valence-electron chi connectivity index (χ2n) is 5.90. The van der Waals surface area contributed by atoms with Crippen LogP contribution in [0.3, 0.4) is 0 Å². The van der Waals surface area contributed by atoms with Crippen molar-refractivity contribution in [2.24, 2.45) is 5.10 Å². The van der Waals surface area contributed by atoms with Gasteiger partial charge in [-0.05, 0) is 18.2 Å². The third-order valence-electron chi connectivity index (χ3n) is 4.03. The first-order chi connectivity index (χ1) is 13.3. The molecule has 1 fully saturated rings. The molecule has 1 aromatic heterocycles. The third kappa shape index (κ3) is 4.74. The molecule has 11 heteroatoms. The molecule has 0 atom stereocenters. The van der Waals surface area contributed by atoms with E-state index in [2.05, 4.69) is 15.5 Å². The minimum Gasteiger partial charge on any atom is -0.378 e. The summed E-state index contributed by atoms with van der Waals surface area (Å²) in [6.07, 6.45) is -2.44. The number of nitro groups is 1. The largest absolute Gasteiger partial charge is 0.417 e. The zero-order valence-electron chi connectivity index (χ0n) is 14.5. The highest BCUT2D eigenvalue weighted by Crippen LogP contribution is 2.30. The van der Waals surface area contributed by atoms with Crippen LogP contribution in [0.15, 0.2) is 41.6 Å². The van der Waals surface area contributed by atoms with Gasteiger partial charge in [-0.15, -0.1) is 0 Å². The Balaban J connectivity index is 1.71. The van der Waals surface area contributed by atoms with Crippen LogP contribution in [-0.4, -0.2) is 42.4 Å². The smallest absolute Gasteiger partial charge is 0.378 e. The Morgan fingerprint density at radius 3 is 2.61 bits per heavy atom. The number of nitro benzene ring substituents is 1. The molecule has 0 unspecified atom stereocenters. The molecular formula is C17H16F3N5O3. The number of hydrazone groups is 1. The Bertz CT molecular complexity index is 865. The molecule has 1 aromatic carbocycles. The molecule has 1 aliphatic heterocycles. The second kappa shape index (κ2) is 8.21. The van der Waals surface area contributed by atoms with Crippen molar-refractivity contribution in [2.45, 2.75) is 6.18 Å². The molecule has 8 nitrogen and oxygen atoms in total. The van der Waals surface area contributed by atoms with Gasteiger partial charge < -0.3 is 9.64 Å². The van der Waals surface area contributed by atoms with Crippen LogP contribution in [0.25, 0.3) is 0 Å². The van der Waals surface area contributed by atoms with Crippen molar-refractivity contribution in [2.75, 3.05) is 36.6 Å². The number of ether oxygens (including phenoxy) is 1. The van der Waals surface area contributed by atoms with Gasteiger partial charge in [0.25, 0.3) is 5.69 Å². The summed E-state index contributed by atoms with van der Waals surface area (Å²) in [6, 6.07) is 6.72. The van der Waals surface area contributed by atoms with Gasteiger partial charge >= 0.3 is 6.18 Å². The molecule has 1 N–H and O–H groups in total. The number of halogens is 3. The molecule has 0 aliphatic carbocycles. The molecule has 28 heavy (non-hydrogen) atoms. The van der Waals surface area contributed by atoms with E-state index < -0.39 is 16.7 Å². The van der Waals surface area contributed by atoms with Crippen LogP contribution in [0, 0.1) is 10.1 Å². The maximum Gasteiger partial charge on any atom is 0.417 e. The lowest BCUT2D eigenvalue weighted by molar-refractivity contribution is -0.384. The van der Waals surface area contributed by atoms with Crippen molar-refractivity contribution >= 4 is 23.4 Å². The number of hydrogen-bond acceptors (Lipinski definition) is 7. The lowest BCUT2D eigenvalue weighted by Crippen LogP contribution is -2.36. The normalized spacial score (nSPS) is 15.0. The number of rotatable bonds is 5. The lowest BCUT2D eigenvalue weighted by atomic mass is 10.1. The monoisotopic (exact) mass is 395 g/mol. The summed E-state index contributed by atoms with van der Waals surface area (Å²) in [5.74, 6) is 0.115. The van der Waals surface area contributed by atoms with Crippen LogP contribution < -0.4 is 10.3 Å². The quantitative estimate of drug-likeness (QED) is 0.474. The molecule has 0 bridgehead atoms. The van der Waals surface area contributed by atoms with E-state index in [9.17, 15) is 23.3 Å². The van der Waals surface area contributed by atoms with E-state index in [4.69, 9.17) is 4.74 Å². The van der Waals surface area contributed by atoms with Crippen LogP contribution >= 0.6 is 0 Å². The predicted octanol–water partition coefficient (Wildman–Crippen LogP) is 3.29. The minimum absolute atomic E-state index is 0.0569. The maximum atomic E-state index is 12.5. The number of hydrogen-bond donors (Lipinski definition) is 1. The van der Waals surface area contributed by atoms with E-state index in [0.717, 1.165) is 12.1 Å². The molecule has 2 aromatic rings. The number of anilines is 2. The Hall–Kier alpha value is -3.21. The summed E-state index contributed by atoms with van der Waals surface area (Å²) in [5, 5.41) is 15.3. The number of pyridine rings is 1. The first-order valence-electron chi connectivity index (χ1n) is 8.28. The Labute approximate surface area is 157 Å². The predicted molar refractivity (Wildman–Crippen MR) is 96.6 cm³/mol. The molecule has 3 rings (SSSR count). The fraction of sp³-hybridized carbons (Fsp3) is 0.294. The number of nitrogens with one attached hydrogen (secondary N) is 1. The van der Waals surface area contributed by atoms with Crippen molar-refractivity contribution in [3.05, 3.63) is 57.8 Å². The third-order valence-corrected chi connectivity index (χ3v) is 4.03. The van der Waals surface area contributed by atoms with Crippen molar-refractivity contribution in [1.29, 1.82) is 0 Å². The van der Waals surface area contributed by atoms with E-state index in [1.54, 1.807) is 12.1 Å². The van der Waals surface area contributed by atoms with Crippen LogP contribution in [-0.2, 0) is 10.9 Å². The summed E-state index contributed by atoms with van der Waals surface area (Å²) in [6.45, 7) is 2.14. The minimum atomic E-state index is -4.46. The van der Waals surface area contributed by atoms with E-state index in [1.165, 1.54) is 12.3 Å². The van der Waals surface area contributed by atoms with Crippen molar-refractivity contribution < 1.29 is 22.8 Å². The topological polar surface area (TPSA) is 92.9 Å². The second-order valence-corrected chi connectivity index (χ2v) is 5.90. The molecule has 1 aliphatic rings. The molecular weight excluding hydrogens is 379 g/mol. The van der Waals surface area contributed by atoms with Gasteiger partial charge in [-0.25, -0.2) is 4.98 Å². The molecule has 1 saturated heterocycles. The summed E-state index contributed by atoms with van der Waals surface area (Å²) < 4.78 is 42.8. The fourth-order valence-corrected chi connectivity index (χ4v) is 2.64. The Kier molecular flexibility index (Phi) is 5.73. The van der Waals surface area contributed by atoms with E-state index >= 15 is 0 Å². The van der Waals surface area contributed by atoms with Crippen LogP contribution in [0.4, 0.5) is 30.4 Å². The summed E-state index contributed by atoms with van der Waals surface area (Å²) >= 11 is 0. The SMILES string of the molecule is O=[N+]([O-])c1cc(/C=N\Nc2ccc(C(F)(F)F)cn2)ccc1N1CCOCC1. The van der Waals surface area contributed by atoms with Crippen molar-refractivity contribution in [1.82, 2.24) is 4.98 Å². The number of benzene rings is 1. The first-order valence-corrected chi connectivity index (χ1v) is 8.28. The summed E-state index contributed by atoms with van der Waals surface area (Å²) in [7, 11) is 0. The average molecular weight is 395 g/mol. The lowest BCUT2D eigenvalue weighted by Gasteiger charge is -2.28. The van der Waals surface area contributed by atoms with Crippen LogP contribution in [0.1, 0.15) is 11.1 Å². The van der Waals surface area contributed by atoms with Gasteiger partial charge in [-0.3, -0.25) is 15.5 Å². The van der Waals surface area contributed by atoms with Crippen LogP contribution in [0.2, 0.25) is 0 Å². The molecule has 0 radical (unpaired) electrons. The summed E-state index contributed by atoms with van der Waals surface area (Å²) in [5.41, 5.74) is 2.54. The van der Waals surface area contributed by atoms with Crippen molar-refractivity contribution in [3.63, 3.8) is 0 Å². The number of morpholine rings is 1. The molecule has 0 amide bonds. The van der Waals surface area contributed by atoms with Gasteiger partial charge in [-0.1, -0.05) is 6.07 Å². The van der Waals surface area contributed by atoms with Gasteiger partial charge in [0.2, 0.25) is 0 Å². The fourth-order valence-electron chi connectivity index (χ4n) is 2.64. The molecule has 0 saturated carbocycles. The highest BCUT2D eigenvalue weighted by Gasteiger charge is 2.30. The van der Waals surface area contributed by atoms with Gasteiger partial charge in [0.05, 0.1) is 29.9 Å². The van der Waals surface area contributed by atoms with E-state index in [0.29, 0.717) is 43.8 Å². The van der Waals surface area contributed by atoms with Gasteiger partial charge in [-0.2, -0.15) is 18.3 Å². The molecule has 148 valence electrons. The molecule has 2 heterocycles. The molecule has 0 spiro atoms. The Morgan fingerprint density at radius 2 is 2.00 bits per heavy atom. The standard InChI is InChI=1S/C17H16F3N5O3/c18-17(19,20)13-2-4-16(21-11-13)23-22-10-12-1-3-14(15(9-12)25(26)27)24-5-7-28-8-6-24/h1-4,9-11H,5-8H2,(H,21,23)/b22-10-. The highest BCUT2D eigenvalue weighted by molar-refractivity contribution is 5.83. The first kappa shape index (κ1) is 19.5. The maximum absolute atomic E-state index is 12.5. The van der Waals surface area contributed by atoms with Crippen molar-refractivity contribution in [3.8, 4) is 0 Å². The zero-order valence-corrected chi connectivity index (χ0v) is 14.5. The zero-order chi connectivity index (χ0) is 20.1. The van der Waals surface area contributed by atoms with E-state index in [-0.39, 0.29) is 11.5 Å². The summed E-state index contributed by atoms with van der Waals surface area (Å²) in [4.78, 5) is 16.5. The van der Waals surface area contributed by atoms with E-state index in [1.807, 2.05) is 4.90 Å². The van der Waals surface area contributed by atoms with Crippen LogP contribution in [0.5, 0.6) is 0 Å². The number of alkyl halides is 3. The number of aromatic nitrogens is 1. The van der Waals surface area contributed by atoms with Gasteiger partial charge in [0.15, 0.2) is 0 Å². The van der Waals surface area contributed by atoms with Gasteiger partial charge in [0.1, 0.15) is 11.5 Å². The Morgan fingerprint density at radius 1 is 1.25 bits per heavy atom.